The third-order valence-electron chi connectivity index (χ3n) is 4.94. The van der Waals surface area contributed by atoms with Crippen molar-refractivity contribution in [1.29, 1.82) is 0 Å². The van der Waals surface area contributed by atoms with E-state index in [4.69, 9.17) is 16.6 Å². The van der Waals surface area contributed by atoms with Gasteiger partial charge in [0.25, 0.3) is 0 Å². The van der Waals surface area contributed by atoms with Crippen LogP contribution in [0.5, 0.6) is 0 Å². The van der Waals surface area contributed by atoms with Crippen molar-refractivity contribution in [3.05, 3.63) is 71.0 Å². The lowest BCUT2D eigenvalue weighted by Crippen LogP contribution is -2.38. The van der Waals surface area contributed by atoms with Gasteiger partial charge in [0.15, 0.2) is 5.82 Å². The summed E-state index contributed by atoms with van der Waals surface area (Å²) in [5, 5.41) is 8.73. The van der Waals surface area contributed by atoms with E-state index in [1.807, 2.05) is 54.3 Å². The van der Waals surface area contributed by atoms with Crippen molar-refractivity contribution >= 4 is 17.4 Å². The predicted molar refractivity (Wildman–Crippen MR) is 109 cm³/mol. The SMILES string of the molecule is Cc1cnn(-c2cccc(NC3CCN(Cc4ccc(Cl)cc4)CC3)n2)c1. The number of hydrogen-bond donors (Lipinski definition) is 1. The molecular formula is C21H24ClN5. The highest BCUT2D eigenvalue weighted by atomic mass is 35.5. The van der Waals surface area contributed by atoms with Gasteiger partial charge in [0, 0.05) is 36.9 Å². The lowest BCUT2D eigenvalue weighted by atomic mass is 10.0. The number of benzene rings is 1. The van der Waals surface area contributed by atoms with Crippen LogP contribution in [0, 0.1) is 6.92 Å². The van der Waals surface area contributed by atoms with E-state index in [1.54, 1.807) is 0 Å². The van der Waals surface area contributed by atoms with Crippen molar-refractivity contribution in [2.45, 2.75) is 32.4 Å². The van der Waals surface area contributed by atoms with E-state index in [2.05, 4.69) is 27.4 Å². The Morgan fingerprint density at radius 3 is 2.59 bits per heavy atom. The largest absolute Gasteiger partial charge is 0.367 e. The zero-order valence-electron chi connectivity index (χ0n) is 15.5. The summed E-state index contributed by atoms with van der Waals surface area (Å²) < 4.78 is 1.81. The molecule has 27 heavy (non-hydrogen) atoms. The van der Waals surface area contributed by atoms with Crippen LogP contribution >= 0.6 is 11.6 Å². The van der Waals surface area contributed by atoms with E-state index in [0.717, 1.165) is 54.7 Å². The van der Waals surface area contributed by atoms with E-state index < -0.39 is 0 Å². The van der Waals surface area contributed by atoms with Crippen molar-refractivity contribution in [2.24, 2.45) is 0 Å². The number of nitrogens with zero attached hydrogens (tertiary/aromatic N) is 4. The molecule has 1 saturated heterocycles. The van der Waals surface area contributed by atoms with Gasteiger partial charge in [-0.1, -0.05) is 29.8 Å². The zero-order valence-corrected chi connectivity index (χ0v) is 16.2. The smallest absolute Gasteiger partial charge is 0.155 e. The molecule has 1 N–H and O–H groups in total. The Morgan fingerprint density at radius 2 is 1.89 bits per heavy atom. The maximum absolute atomic E-state index is 5.97. The quantitative estimate of drug-likeness (QED) is 0.715. The summed E-state index contributed by atoms with van der Waals surface area (Å²) in [4.78, 5) is 7.21. The van der Waals surface area contributed by atoms with Gasteiger partial charge in [0.2, 0.25) is 0 Å². The molecule has 0 atom stereocenters. The zero-order chi connectivity index (χ0) is 18.6. The van der Waals surface area contributed by atoms with Gasteiger partial charge in [-0.3, -0.25) is 4.90 Å². The number of rotatable bonds is 5. The fourth-order valence-electron chi connectivity index (χ4n) is 3.46. The first kappa shape index (κ1) is 18.0. The lowest BCUT2D eigenvalue weighted by Gasteiger charge is -2.32. The Kier molecular flexibility index (Phi) is 5.41. The van der Waals surface area contributed by atoms with Gasteiger partial charge in [-0.25, -0.2) is 9.67 Å². The van der Waals surface area contributed by atoms with Gasteiger partial charge in [0.1, 0.15) is 5.82 Å². The average molecular weight is 382 g/mol. The summed E-state index contributed by atoms with van der Waals surface area (Å²) in [6.45, 7) is 5.18. The van der Waals surface area contributed by atoms with Crippen molar-refractivity contribution in [2.75, 3.05) is 18.4 Å². The number of nitrogens with one attached hydrogen (secondary N) is 1. The summed E-state index contributed by atoms with van der Waals surface area (Å²) in [5.74, 6) is 1.75. The third kappa shape index (κ3) is 4.67. The number of aryl methyl sites for hydroxylation is 1. The maximum Gasteiger partial charge on any atom is 0.155 e. The number of hydrogen-bond acceptors (Lipinski definition) is 4. The van der Waals surface area contributed by atoms with Crippen molar-refractivity contribution in [1.82, 2.24) is 19.7 Å². The summed E-state index contributed by atoms with van der Waals surface area (Å²) in [6, 6.07) is 14.6. The van der Waals surface area contributed by atoms with Crippen LogP contribution in [0.15, 0.2) is 54.9 Å². The molecule has 0 saturated carbocycles. The van der Waals surface area contributed by atoms with Gasteiger partial charge >= 0.3 is 0 Å². The molecule has 5 nitrogen and oxygen atoms in total. The molecule has 1 aromatic carbocycles. The van der Waals surface area contributed by atoms with Crippen LogP contribution in [0.3, 0.4) is 0 Å². The summed E-state index contributed by atoms with van der Waals surface area (Å²) in [7, 11) is 0. The minimum Gasteiger partial charge on any atom is -0.367 e. The molecule has 0 bridgehead atoms. The molecule has 1 fully saturated rings. The molecule has 3 heterocycles. The van der Waals surface area contributed by atoms with Crippen molar-refractivity contribution in [3.8, 4) is 5.82 Å². The lowest BCUT2D eigenvalue weighted by molar-refractivity contribution is 0.211. The Morgan fingerprint density at radius 1 is 1.11 bits per heavy atom. The summed E-state index contributed by atoms with van der Waals surface area (Å²) in [5.41, 5.74) is 2.44. The number of pyridine rings is 1. The fraction of sp³-hybridized carbons (Fsp3) is 0.333. The average Bonchev–Trinajstić information content (AvgIpc) is 3.12. The standard InChI is InChI=1S/C21H24ClN5/c1-16-13-23-27(14-16)21-4-2-3-20(25-21)24-19-9-11-26(12-10-19)15-17-5-7-18(22)8-6-17/h2-8,13-14,19H,9-12,15H2,1H3,(H,24,25). The van der Waals surface area contributed by atoms with Crippen LogP contribution < -0.4 is 5.32 Å². The second-order valence-corrected chi connectivity index (χ2v) is 7.60. The summed E-state index contributed by atoms with van der Waals surface area (Å²) in [6.07, 6.45) is 6.06. The van der Waals surface area contributed by atoms with E-state index in [1.165, 1.54) is 5.56 Å². The van der Waals surface area contributed by atoms with Crippen molar-refractivity contribution in [3.63, 3.8) is 0 Å². The fourth-order valence-corrected chi connectivity index (χ4v) is 3.59. The van der Waals surface area contributed by atoms with E-state index in [-0.39, 0.29) is 0 Å². The van der Waals surface area contributed by atoms with Crippen LogP contribution in [0.25, 0.3) is 5.82 Å². The van der Waals surface area contributed by atoms with Crippen LogP contribution in [0.2, 0.25) is 5.02 Å². The molecule has 0 radical (unpaired) electrons. The first-order valence-electron chi connectivity index (χ1n) is 9.38. The van der Waals surface area contributed by atoms with Gasteiger partial charge in [-0.2, -0.15) is 5.10 Å². The molecule has 4 rings (SSSR count). The Hall–Kier alpha value is -2.37. The van der Waals surface area contributed by atoms with E-state index in [0.29, 0.717) is 6.04 Å². The third-order valence-corrected chi connectivity index (χ3v) is 5.19. The minimum atomic E-state index is 0.452. The van der Waals surface area contributed by atoms with Crippen LogP contribution in [-0.2, 0) is 6.54 Å². The molecule has 0 aliphatic carbocycles. The minimum absolute atomic E-state index is 0.452. The molecule has 0 spiro atoms. The van der Waals surface area contributed by atoms with Crippen molar-refractivity contribution < 1.29 is 0 Å². The second kappa shape index (κ2) is 8.11. The molecular weight excluding hydrogens is 358 g/mol. The Labute approximate surface area is 165 Å². The topological polar surface area (TPSA) is 46.0 Å². The molecule has 1 aliphatic heterocycles. The van der Waals surface area contributed by atoms with Crippen LogP contribution in [0.1, 0.15) is 24.0 Å². The van der Waals surface area contributed by atoms with Crippen LogP contribution in [0.4, 0.5) is 5.82 Å². The molecule has 6 heteroatoms. The molecule has 2 aromatic heterocycles. The number of anilines is 1. The molecule has 140 valence electrons. The second-order valence-electron chi connectivity index (χ2n) is 7.16. The highest BCUT2D eigenvalue weighted by Crippen LogP contribution is 2.19. The molecule has 1 aliphatic rings. The van der Waals surface area contributed by atoms with Gasteiger partial charge in [-0.15, -0.1) is 0 Å². The number of halogens is 1. The molecule has 0 amide bonds. The highest BCUT2D eigenvalue weighted by Gasteiger charge is 2.19. The monoisotopic (exact) mass is 381 g/mol. The first-order valence-corrected chi connectivity index (χ1v) is 9.75. The Bertz CT molecular complexity index is 882. The van der Waals surface area contributed by atoms with Gasteiger partial charge in [0.05, 0.1) is 6.20 Å². The first-order chi connectivity index (χ1) is 13.2. The molecule has 3 aromatic rings. The van der Waals surface area contributed by atoms with E-state index >= 15 is 0 Å². The maximum atomic E-state index is 5.97. The number of aromatic nitrogens is 3. The Balaban J connectivity index is 1.32. The van der Waals surface area contributed by atoms with E-state index in [9.17, 15) is 0 Å². The highest BCUT2D eigenvalue weighted by molar-refractivity contribution is 6.30. The molecule has 0 unspecified atom stereocenters. The number of piperidine rings is 1. The summed E-state index contributed by atoms with van der Waals surface area (Å²) >= 11 is 5.97. The van der Waals surface area contributed by atoms with Gasteiger partial charge < -0.3 is 5.32 Å². The normalized spacial score (nSPS) is 15.8. The predicted octanol–water partition coefficient (Wildman–Crippen LogP) is 4.31. The van der Waals surface area contributed by atoms with Crippen LogP contribution in [-0.4, -0.2) is 38.8 Å². The number of likely N-dealkylation sites (tertiary alicyclic amines) is 1. The van der Waals surface area contributed by atoms with Gasteiger partial charge in [-0.05, 0) is 55.2 Å².